The van der Waals surface area contributed by atoms with E-state index in [-0.39, 0.29) is 11.2 Å². The maximum absolute atomic E-state index is 12.0. The van der Waals surface area contributed by atoms with Gasteiger partial charge in [0, 0.05) is 0 Å². The quantitative estimate of drug-likeness (QED) is 0.694. The van der Waals surface area contributed by atoms with Gasteiger partial charge in [0.15, 0.2) is 5.76 Å². The van der Waals surface area contributed by atoms with Crippen LogP contribution in [0.25, 0.3) is 0 Å². The van der Waals surface area contributed by atoms with Crippen molar-refractivity contribution >= 4 is 5.78 Å². The van der Waals surface area contributed by atoms with Crippen molar-refractivity contribution in [3.63, 3.8) is 0 Å². The van der Waals surface area contributed by atoms with E-state index in [0.717, 1.165) is 31.3 Å². The molecule has 0 N–H and O–H groups in total. The van der Waals surface area contributed by atoms with Crippen molar-refractivity contribution < 1.29 is 9.53 Å². The Kier molecular flexibility index (Phi) is 2.68. The molecule has 1 aliphatic heterocycles. The standard InChI is InChI=1S/C13H18O2/c1-13(2)7-6-10(9-13)12(14)11-5-3-4-8-15-11/h5-6H,3-4,7-9H2,1-2H3. The van der Waals surface area contributed by atoms with E-state index in [2.05, 4.69) is 19.9 Å². The van der Waals surface area contributed by atoms with Gasteiger partial charge in [-0.1, -0.05) is 19.9 Å². The molecule has 0 aromatic rings. The molecule has 1 aliphatic carbocycles. The number of ketones is 1. The number of ether oxygens (including phenoxy) is 1. The highest BCUT2D eigenvalue weighted by atomic mass is 16.5. The molecule has 0 aromatic carbocycles. The molecule has 15 heavy (non-hydrogen) atoms. The molecule has 0 unspecified atom stereocenters. The maximum atomic E-state index is 12.0. The largest absolute Gasteiger partial charge is 0.490 e. The highest BCUT2D eigenvalue weighted by Crippen LogP contribution is 2.37. The van der Waals surface area contributed by atoms with Gasteiger partial charge >= 0.3 is 0 Å². The van der Waals surface area contributed by atoms with Crippen molar-refractivity contribution in [3.8, 4) is 0 Å². The number of hydrogen-bond acceptors (Lipinski definition) is 2. The van der Waals surface area contributed by atoms with Crippen LogP contribution in [0.4, 0.5) is 0 Å². The summed E-state index contributed by atoms with van der Waals surface area (Å²) < 4.78 is 5.39. The van der Waals surface area contributed by atoms with E-state index >= 15 is 0 Å². The predicted octanol–water partition coefficient (Wildman–Crippen LogP) is 3.00. The molecule has 0 bridgehead atoms. The van der Waals surface area contributed by atoms with E-state index in [0.29, 0.717) is 12.4 Å². The zero-order valence-corrected chi connectivity index (χ0v) is 9.51. The minimum atomic E-state index is 0.111. The number of rotatable bonds is 2. The number of hydrogen-bond donors (Lipinski definition) is 0. The smallest absolute Gasteiger partial charge is 0.222 e. The number of allylic oxidation sites excluding steroid dienone is 3. The molecule has 0 fully saturated rings. The van der Waals surface area contributed by atoms with Crippen LogP contribution in [0.5, 0.6) is 0 Å². The van der Waals surface area contributed by atoms with Crippen LogP contribution in [0.2, 0.25) is 0 Å². The summed E-state index contributed by atoms with van der Waals surface area (Å²) in [4.78, 5) is 12.0. The molecule has 0 aromatic heterocycles. The minimum absolute atomic E-state index is 0.111. The second kappa shape index (κ2) is 3.84. The average Bonchev–Trinajstić information content (AvgIpc) is 2.59. The third-order valence-corrected chi connectivity index (χ3v) is 3.02. The summed E-state index contributed by atoms with van der Waals surface area (Å²) in [5, 5.41) is 0. The van der Waals surface area contributed by atoms with Crippen LogP contribution >= 0.6 is 0 Å². The van der Waals surface area contributed by atoms with Gasteiger partial charge in [-0.15, -0.1) is 0 Å². The molecule has 2 nitrogen and oxygen atoms in total. The summed E-state index contributed by atoms with van der Waals surface area (Å²) in [6.07, 6.45) is 7.88. The van der Waals surface area contributed by atoms with Gasteiger partial charge in [0.1, 0.15) is 0 Å². The lowest BCUT2D eigenvalue weighted by atomic mass is 9.89. The Morgan fingerprint density at radius 3 is 2.73 bits per heavy atom. The molecule has 82 valence electrons. The Morgan fingerprint density at radius 1 is 1.40 bits per heavy atom. The van der Waals surface area contributed by atoms with Gasteiger partial charge in [0.2, 0.25) is 5.78 Å². The van der Waals surface area contributed by atoms with Gasteiger partial charge in [0.05, 0.1) is 6.61 Å². The molecule has 0 spiro atoms. The average molecular weight is 206 g/mol. The predicted molar refractivity (Wildman–Crippen MR) is 59.4 cm³/mol. The van der Waals surface area contributed by atoms with E-state index in [4.69, 9.17) is 4.74 Å². The monoisotopic (exact) mass is 206 g/mol. The Bertz CT molecular complexity index is 334. The molecule has 0 radical (unpaired) electrons. The van der Waals surface area contributed by atoms with Crippen LogP contribution in [-0.2, 0) is 9.53 Å². The summed E-state index contributed by atoms with van der Waals surface area (Å²) in [6.45, 7) is 5.08. The summed E-state index contributed by atoms with van der Waals surface area (Å²) in [5.41, 5.74) is 1.19. The van der Waals surface area contributed by atoms with Crippen molar-refractivity contribution in [1.29, 1.82) is 0 Å². The molecule has 0 atom stereocenters. The first-order valence-electron chi connectivity index (χ1n) is 5.65. The second-order valence-corrected chi connectivity index (χ2v) is 5.16. The Morgan fingerprint density at radius 2 is 2.20 bits per heavy atom. The molecular weight excluding hydrogens is 188 g/mol. The fourth-order valence-corrected chi connectivity index (χ4v) is 2.11. The summed E-state index contributed by atoms with van der Waals surface area (Å²) >= 11 is 0. The SMILES string of the molecule is CC1(C)CC=C(C(=O)C2=CCCCO2)C1. The highest BCUT2D eigenvalue weighted by molar-refractivity contribution is 6.07. The molecule has 0 amide bonds. The van der Waals surface area contributed by atoms with Crippen LogP contribution in [-0.4, -0.2) is 12.4 Å². The third kappa shape index (κ3) is 2.31. The molecular formula is C13H18O2. The number of carbonyl (C=O) groups is 1. The second-order valence-electron chi connectivity index (χ2n) is 5.16. The van der Waals surface area contributed by atoms with Crippen molar-refractivity contribution in [2.75, 3.05) is 6.61 Å². The molecule has 2 rings (SSSR count). The fourth-order valence-electron chi connectivity index (χ4n) is 2.11. The van der Waals surface area contributed by atoms with Crippen LogP contribution in [0.3, 0.4) is 0 Å². The Hall–Kier alpha value is -1.05. The van der Waals surface area contributed by atoms with Crippen LogP contribution in [0.15, 0.2) is 23.5 Å². The van der Waals surface area contributed by atoms with Gasteiger partial charge in [-0.2, -0.15) is 0 Å². The molecule has 0 saturated heterocycles. The van der Waals surface area contributed by atoms with E-state index in [1.54, 1.807) is 0 Å². The van der Waals surface area contributed by atoms with Crippen molar-refractivity contribution in [2.24, 2.45) is 5.41 Å². The highest BCUT2D eigenvalue weighted by Gasteiger charge is 2.30. The van der Waals surface area contributed by atoms with Gasteiger partial charge in [-0.25, -0.2) is 0 Å². The van der Waals surface area contributed by atoms with Gasteiger partial charge in [-0.05, 0) is 42.7 Å². The van der Waals surface area contributed by atoms with E-state index in [9.17, 15) is 4.79 Å². The van der Waals surface area contributed by atoms with Crippen LogP contribution < -0.4 is 0 Å². The first kappa shape index (κ1) is 10.5. The molecule has 2 heteroatoms. The van der Waals surface area contributed by atoms with Gasteiger partial charge < -0.3 is 4.74 Å². The minimum Gasteiger partial charge on any atom is -0.490 e. The number of Topliss-reactive ketones (excluding diaryl/α,β-unsaturated/α-hetero) is 1. The van der Waals surface area contributed by atoms with Crippen LogP contribution in [0, 0.1) is 5.41 Å². The first-order valence-corrected chi connectivity index (χ1v) is 5.65. The number of carbonyl (C=O) groups excluding carboxylic acids is 1. The molecule has 1 heterocycles. The Labute approximate surface area is 91.0 Å². The normalized spacial score (nSPS) is 24.1. The summed E-state index contributed by atoms with van der Waals surface area (Å²) in [7, 11) is 0. The lowest BCUT2D eigenvalue weighted by molar-refractivity contribution is -0.116. The van der Waals surface area contributed by atoms with Crippen molar-refractivity contribution in [1.82, 2.24) is 0 Å². The van der Waals surface area contributed by atoms with Crippen LogP contribution in [0.1, 0.15) is 39.5 Å². The van der Waals surface area contributed by atoms with E-state index in [1.165, 1.54) is 0 Å². The van der Waals surface area contributed by atoms with Crippen molar-refractivity contribution in [3.05, 3.63) is 23.5 Å². The van der Waals surface area contributed by atoms with Gasteiger partial charge in [-0.3, -0.25) is 4.79 Å². The van der Waals surface area contributed by atoms with E-state index < -0.39 is 0 Å². The zero-order valence-electron chi connectivity index (χ0n) is 9.51. The summed E-state index contributed by atoms with van der Waals surface area (Å²) in [5.74, 6) is 0.686. The van der Waals surface area contributed by atoms with E-state index in [1.807, 2.05) is 6.08 Å². The molecule has 2 aliphatic rings. The lowest BCUT2D eigenvalue weighted by Gasteiger charge is -2.18. The lowest BCUT2D eigenvalue weighted by Crippen LogP contribution is -2.14. The third-order valence-electron chi connectivity index (χ3n) is 3.02. The fraction of sp³-hybridized carbons (Fsp3) is 0.615. The molecule has 0 saturated carbocycles. The van der Waals surface area contributed by atoms with Crippen molar-refractivity contribution in [2.45, 2.75) is 39.5 Å². The Balaban J connectivity index is 2.06. The first-order chi connectivity index (χ1) is 7.08. The maximum Gasteiger partial charge on any atom is 0.222 e. The summed E-state index contributed by atoms with van der Waals surface area (Å²) in [6, 6.07) is 0. The topological polar surface area (TPSA) is 26.3 Å². The van der Waals surface area contributed by atoms with Gasteiger partial charge in [0.25, 0.3) is 0 Å². The zero-order chi connectivity index (χ0) is 10.9.